The van der Waals surface area contributed by atoms with Crippen molar-refractivity contribution in [2.45, 2.75) is 35.7 Å². The summed E-state index contributed by atoms with van der Waals surface area (Å²) < 4.78 is 44.4. The number of halogens is 2. The summed E-state index contributed by atoms with van der Waals surface area (Å²) in [6, 6.07) is 14.3. The van der Waals surface area contributed by atoms with Crippen molar-refractivity contribution in [3.63, 3.8) is 0 Å². The molecule has 174 valence electrons. The van der Waals surface area contributed by atoms with E-state index < -0.39 is 41.8 Å². The van der Waals surface area contributed by atoms with E-state index >= 15 is 0 Å². The second-order valence-corrected chi connectivity index (χ2v) is 8.63. The summed E-state index contributed by atoms with van der Waals surface area (Å²) in [5, 5.41) is 15.4. The normalized spacial score (nSPS) is 30.7. The summed E-state index contributed by atoms with van der Waals surface area (Å²) in [6.45, 7) is 0. The number of ether oxygens (including phenoxy) is 3. The van der Waals surface area contributed by atoms with Crippen LogP contribution in [0.4, 0.5) is 13.6 Å². The van der Waals surface area contributed by atoms with Gasteiger partial charge in [0.25, 0.3) is 6.43 Å². The molecule has 9 heteroatoms. The Balaban J connectivity index is 1.67. The van der Waals surface area contributed by atoms with E-state index in [2.05, 4.69) is 10.3 Å². The number of alkyl halides is 2. The summed E-state index contributed by atoms with van der Waals surface area (Å²) in [5.41, 5.74) is -2.06. The van der Waals surface area contributed by atoms with Gasteiger partial charge in [-0.2, -0.15) is 0 Å². The monoisotopic (exact) mass is 466 g/mol. The Morgan fingerprint density at radius 2 is 1.85 bits per heavy atom. The Labute approximate surface area is 193 Å². The van der Waals surface area contributed by atoms with Crippen molar-refractivity contribution in [1.82, 2.24) is 10.3 Å². The SMILES string of the molecule is COc1cncc2c1C1(O)C3OC(=O)NC3C(c3ccccc3)C1(c1ccc(C(F)F)cc1)O2. The number of methoxy groups -OCH3 is 1. The lowest BCUT2D eigenvalue weighted by Gasteiger charge is -2.41. The van der Waals surface area contributed by atoms with E-state index in [1.807, 2.05) is 30.3 Å². The highest BCUT2D eigenvalue weighted by Gasteiger charge is 2.80. The fraction of sp³-hybridized carbons (Fsp3) is 0.280. The number of fused-ring (bicyclic) bond motifs is 5. The molecule has 3 aliphatic rings. The van der Waals surface area contributed by atoms with E-state index in [1.54, 1.807) is 0 Å². The van der Waals surface area contributed by atoms with Gasteiger partial charge < -0.3 is 24.6 Å². The van der Waals surface area contributed by atoms with E-state index in [4.69, 9.17) is 14.2 Å². The number of hydrogen-bond donors (Lipinski definition) is 2. The van der Waals surface area contributed by atoms with E-state index in [9.17, 15) is 18.7 Å². The molecule has 0 spiro atoms. The minimum Gasteiger partial charge on any atom is -0.495 e. The lowest BCUT2D eigenvalue weighted by atomic mass is 9.71. The number of aromatic nitrogens is 1. The van der Waals surface area contributed by atoms with Gasteiger partial charge in [0.15, 0.2) is 17.3 Å². The molecule has 7 nitrogen and oxygen atoms in total. The number of pyridine rings is 1. The van der Waals surface area contributed by atoms with Gasteiger partial charge in [0.2, 0.25) is 0 Å². The maximum Gasteiger partial charge on any atom is 0.407 e. The molecule has 0 radical (unpaired) electrons. The standard InChI is InChI=1S/C25H20F2N2O5/c1-32-16-11-28-12-17-19(16)24(31)21-20(29-23(30)33-21)18(13-5-3-2-4-6-13)25(24,34-17)15-9-7-14(8-10-15)22(26)27/h2-12,18,20-22,31H,1H3,(H,29,30). The van der Waals surface area contributed by atoms with Gasteiger partial charge in [-0.3, -0.25) is 4.98 Å². The molecule has 1 saturated heterocycles. The van der Waals surface area contributed by atoms with Crippen molar-refractivity contribution >= 4 is 6.09 Å². The Morgan fingerprint density at radius 1 is 1.12 bits per heavy atom. The molecule has 1 saturated carbocycles. The summed E-state index contributed by atoms with van der Waals surface area (Å²) in [4.78, 5) is 16.5. The highest BCUT2D eigenvalue weighted by molar-refractivity contribution is 5.74. The zero-order chi connectivity index (χ0) is 23.7. The highest BCUT2D eigenvalue weighted by atomic mass is 19.3. The molecule has 2 N–H and O–H groups in total. The third kappa shape index (κ3) is 2.47. The molecule has 5 atom stereocenters. The number of nitrogens with zero attached hydrogens (tertiary/aromatic N) is 1. The van der Waals surface area contributed by atoms with Crippen LogP contribution in [-0.4, -0.2) is 35.4 Å². The number of benzene rings is 2. The van der Waals surface area contributed by atoms with Gasteiger partial charge in [-0.15, -0.1) is 0 Å². The molecular weight excluding hydrogens is 446 g/mol. The number of aliphatic hydroxyl groups is 1. The Morgan fingerprint density at radius 3 is 2.53 bits per heavy atom. The molecule has 2 aromatic carbocycles. The van der Waals surface area contributed by atoms with E-state index in [-0.39, 0.29) is 17.1 Å². The topological polar surface area (TPSA) is 89.9 Å². The van der Waals surface area contributed by atoms with Crippen LogP contribution in [0.1, 0.15) is 34.6 Å². The number of alkyl carbamates (subject to hydrolysis) is 1. The van der Waals surface area contributed by atoms with Crippen molar-refractivity contribution in [2.75, 3.05) is 7.11 Å². The first-order valence-electron chi connectivity index (χ1n) is 10.8. The molecule has 1 aromatic heterocycles. The van der Waals surface area contributed by atoms with Crippen LogP contribution in [0.5, 0.6) is 11.5 Å². The quantitative estimate of drug-likeness (QED) is 0.609. The van der Waals surface area contributed by atoms with Crippen molar-refractivity contribution < 1.29 is 32.9 Å². The number of carbonyl (C=O) groups is 1. The highest BCUT2D eigenvalue weighted by Crippen LogP contribution is 2.69. The first kappa shape index (κ1) is 20.9. The molecule has 3 heterocycles. The van der Waals surface area contributed by atoms with Crippen molar-refractivity contribution in [3.05, 3.63) is 89.2 Å². The van der Waals surface area contributed by atoms with Crippen LogP contribution in [-0.2, 0) is 15.9 Å². The van der Waals surface area contributed by atoms with E-state index in [0.717, 1.165) is 5.56 Å². The van der Waals surface area contributed by atoms with Crippen molar-refractivity contribution in [2.24, 2.45) is 0 Å². The van der Waals surface area contributed by atoms with Crippen LogP contribution in [0, 0.1) is 0 Å². The molecule has 34 heavy (non-hydrogen) atoms. The Bertz CT molecular complexity index is 1270. The lowest BCUT2D eigenvalue weighted by molar-refractivity contribution is -0.147. The minimum atomic E-state index is -2.65. The maximum absolute atomic E-state index is 13.3. The Hall–Kier alpha value is -3.72. The second-order valence-electron chi connectivity index (χ2n) is 8.63. The third-order valence-corrected chi connectivity index (χ3v) is 7.12. The smallest absolute Gasteiger partial charge is 0.407 e. The fourth-order valence-electron chi connectivity index (χ4n) is 5.85. The largest absolute Gasteiger partial charge is 0.495 e. The molecular formula is C25H20F2N2O5. The third-order valence-electron chi connectivity index (χ3n) is 7.12. The number of hydrogen-bond acceptors (Lipinski definition) is 6. The zero-order valence-corrected chi connectivity index (χ0v) is 17.9. The minimum absolute atomic E-state index is 0.155. The van der Waals surface area contributed by atoms with Crippen molar-refractivity contribution in [1.29, 1.82) is 0 Å². The fourth-order valence-corrected chi connectivity index (χ4v) is 5.85. The molecule has 2 aliphatic heterocycles. The summed E-state index contributed by atoms with van der Waals surface area (Å²) in [5.74, 6) is -0.103. The van der Waals surface area contributed by atoms with Crippen LogP contribution in [0.2, 0.25) is 0 Å². The van der Waals surface area contributed by atoms with Gasteiger partial charge in [-0.05, 0) is 11.1 Å². The average molecular weight is 466 g/mol. The molecule has 1 amide bonds. The van der Waals surface area contributed by atoms with Gasteiger partial charge in [0.05, 0.1) is 37.0 Å². The van der Waals surface area contributed by atoms with Gasteiger partial charge in [-0.25, -0.2) is 13.6 Å². The number of amides is 1. The first-order chi connectivity index (χ1) is 16.4. The average Bonchev–Trinajstić information content (AvgIpc) is 3.42. The van der Waals surface area contributed by atoms with Crippen LogP contribution in [0.25, 0.3) is 0 Å². The molecule has 6 rings (SSSR count). The second kappa shape index (κ2) is 7.14. The molecule has 3 aromatic rings. The van der Waals surface area contributed by atoms with Gasteiger partial charge in [0.1, 0.15) is 11.5 Å². The first-order valence-corrected chi connectivity index (χ1v) is 10.8. The Kier molecular flexibility index (Phi) is 4.38. The van der Waals surface area contributed by atoms with Gasteiger partial charge in [0, 0.05) is 5.56 Å². The number of rotatable bonds is 4. The van der Waals surface area contributed by atoms with E-state index in [1.165, 1.54) is 43.8 Å². The lowest BCUT2D eigenvalue weighted by Crippen LogP contribution is -2.52. The molecule has 0 bridgehead atoms. The predicted octanol–water partition coefficient (Wildman–Crippen LogP) is 3.78. The number of nitrogens with one attached hydrogen (secondary N) is 1. The van der Waals surface area contributed by atoms with Crippen LogP contribution < -0.4 is 14.8 Å². The molecule has 1 aliphatic carbocycles. The summed E-state index contributed by atoms with van der Waals surface area (Å²) in [7, 11) is 1.44. The van der Waals surface area contributed by atoms with Crippen LogP contribution >= 0.6 is 0 Å². The van der Waals surface area contributed by atoms with Gasteiger partial charge >= 0.3 is 6.09 Å². The summed E-state index contributed by atoms with van der Waals surface area (Å²) in [6.07, 6.45) is -1.44. The predicted molar refractivity (Wildman–Crippen MR) is 115 cm³/mol. The maximum atomic E-state index is 13.3. The molecule has 2 fully saturated rings. The number of carbonyl (C=O) groups excluding carboxylic acids is 1. The molecule has 5 unspecified atom stereocenters. The summed E-state index contributed by atoms with van der Waals surface area (Å²) >= 11 is 0. The zero-order valence-electron chi connectivity index (χ0n) is 17.9. The van der Waals surface area contributed by atoms with Gasteiger partial charge in [-0.1, -0.05) is 54.6 Å². The van der Waals surface area contributed by atoms with Crippen LogP contribution in [0.15, 0.2) is 67.0 Å². The van der Waals surface area contributed by atoms with E-state index in [0.29, 0.717) is 11.1 Å². The van der Waals surface area contributed by atoms with Crippen molar-refractivity contribution in [3.8, 4) is 11.5 Å². The van der Waals surface area contributed by atoms with Crippen LogP contribution in [0.3, 0.4) is 0 Å².